The third-order valence-electron chi connectivity index (χ3n) is 3.06. The number of nitrogens with zero attached hydrogens (tertiary/aromatic N) is 3. The van der Waals surface area contributed by atoms with E-state index in [1.54, 1.807) is 25.1 Å². The van der Waals surface area contributed by atoms with E-state index >= 15 is 0 Å². The van der Waals surface area contributed by atoms with Crippen LogP contribution in [0.15, 0.2) is 36.7 Å². The highest BCUT2D eigenvalue weighted by Crippen LogP contribution is 2.13. The summed E-state index contributed by atoms with van der Waals surface area (Å²) in [4.78, 5) is 33.6. The molecule has 2 aromatic rings. The van der Waals surface area contributed by atoms with E-state index in [4.69, 9.17) is 4.74 Å². The fourth-order valence-electron chi connectivity index (χ4n) is 1.95. The molecule has 0 unspecified atom stereocenters. The molecule has 1 amide bonds. The third kappa shape index (κ3) is 4.63. The number of anilines is 1. The van der Waals surface area contributed by atoms with Crippen molar-refractivity contribution < 1.29 is 19.2 Å². The van der Waals surface area contributed by atoms with E-state index in [0.29, 0.717) is 11.3 Å². The van der Waals surface area contributed by atoms with Crippen molar-refractivity contribution in [2.45, 2.75) is 19.9 Å². The predicted octanol–water partition coefficient (Wildman–Crippen LogP) is 2.00. The van der Waals surface area contributed by atoms with E-state index in [1.807, 2.05) is 0 Å². The number of amides is 1. The molecule has 9 nitrogen and oxygen atoms in total. The zero-order chi connectivity index (χ0) is 17.5. The molecule has 0 aliphatic rings. The van der Waals surface area contributed by atoms with Gasteiger partial charge in [-0.1, -0.05) is 6.07 Å². The molecule has 1 heterocycles. The highest BCUT2D eigenvalue weighted by Gasteiger charge is 2.11. The van der Waals surface area contributed by atoms with Crippen LogP contribution in [0.2, 0.25) is 0 Å². The van der Waals surface area contributed by atoms with Gasteiger partial charge in [-0.15, -0.1) is 0 Å². The summed E-state index contributed by atoms with van der Waals surface area (Å²) in [5.74, 6) is -0.758. The smallest absolute Gasteiger partial charge is 0.338 e. The summed E-state index contributed by atoms with van der Waals surface area (Å²) in [6.07, 6.45) is 2.47. The van der Waals surface area contributed by atoms with E-state index < -0.39 is 10.9 Å². The van der Waals surface area contributed by atoms with Crippen molar-refractivity contribution in [3.63, 3.8) is 0 Å². The molecule has 1 aromatic heterocycles. The minimum atomic E-state index is -0.551. The van der Waals surface area contributed by atoms with E-state index in [0.717, 1.165) is 6.20 Å². The SMILES string of the molecule is CCOC(=O)c1cccc(NC(=O)CCn2cc([N+](=O)[O-])cn2)c1. The lowest BCUT2D eigenvalue weighted by Crippen LogP contribution is -2.15. The number of carbonyl (C=O) groups excluding carboxylic acids is 2. The maximum atomic E-state index is 11.9. The Morgan fingerprint density at radius 1 is 1.42 bits per heavy atom. The van der Waals surface area contributed by atoms with Crippen LogP contribution in [-0.4, -0.2) is 33.2 Å². The second-order valence-corrected chi connectivity index (χ2v) is 4.82. The molecule has 9 heteroatoms. The summed E-state index contributed by atoms with van der Waals surface area (Å²) in [5.41, 5.74) is 0.687. The zero-order valence-electron chi connectivity index (χ0n) is 13.0. The number of esters is 1. The number of aryl methyl sites for hydroxylation is 1. The molecule has 126 valence electrons. The first-order chi connectivity index (χ1) is 11.5. The highest BCUT2D eigenvalue weighted by molar-refractivity contribution is 5.94. The second kappa shape index (κ2) is 7.86. The number of aromatic nitrogens is 2. The van der Waals surface area contributed by atoms with Crippen LogP contribution in [0.3, 0.4) is 0 Å². The Kier molecular flexibility index (Phi) is 5.61. The zero-order valence-corrected chi connectivity index (χ0v) is 13.0. The van der Waals surface area contributed by atoms with Crippen molar-refractivity contribution in [1.29, 1.82) is 0 Å². The quantitative estimate of drug-likeness (QED) is 0.471. The monoisotopic (exact) mass is 332 g/mol. The van der Waals surface area contributed by atoms with E-state index in [-0.39, 0.29) is 31.2 Å². The first kappa shape index (κ1) is 17.1. The Balaban J connectivity index is 1.91. The average Bonchev–Trinajstić information content (AvgIpc) is 3.03. The van der Waals surface area contributed by atoms with Crippen molar-refractivity contribution in [2.75, 3.05) is 11.9 Å². The molecule has 0 radical (unpaired) electrons. The van der Waals surface area contributed by atoms with Gasteiger partial charge in [-0.05, 0) is 25.1 Å². The molecule has 0 aliphatic carbocycles. The number of ether oxygens (including phenoxy) is 1. The molecule has 0 aliphatic heterocycles. The molecular formula is C15H16N4O5. The standard InChI is InChI=1S/C15H16N4O5/c1-2-24-15(21)11-4-3-5-12(8-11)17-14(20)6-7-18-10-13(9-16-18)19(22)23/h3-5,8-10H,2,6-7H2,1H3,(H,17,20). The van der Waals surface area contributed by atoms with Gasteiger partial charge in [-0.3, -0.25) is 19.6 Å². The fourth-order valence-corrected chi connectivity index (χ4v) is 1.95. The Morgan fingerprint density at radius 3 is 2.88 bits per heavy atom. The maximum Gasteiger partial charge on any atom is 0.338 e. The van der Waals surface area contributed by atoms with Gasteiger partial charge in [0.1, 0.15) is 12.4 Å². The predicted molar refractivity (Wildman–Crippen MR) is 84.5 cm³/mol. The van der Waals surface area contributed by atoms with E-state index in [2.05, 4.69) is 10.4 Å². The van der Waals surface area contributed by atoms with Gasteiger partial charge in [-0.2, -0.15) is 5.10 Å². The maximum absolute atomic E-state index is 11.9. The molecule has 1 N–H and O–H groups in total. The normalized spacial score (nSPS) is 10.2. The number of hydrogen-bond acceptors (Lipinski definition) is 6. The number of hydrogen-bond donors (Lipinski definition) is 1. The summed E-state index contributed by atoms with van der Waals surface area (Å²) >= 11 is 0. The number of nitro groups is 1. The molecule has 0 atom stereocenters. The average molecular weight is 332 g/mol. The molecular weight excluding hydrogens is 316 g/mol. The molecule has 0 spiro atoms. The van der Waals surface area contributed by atoms with Crippen LogP contribution in [0, 0.1) is 10.1 Å². The van der Waals surface area contributed by atoms with Crippen molar-refractivity contribution in [3.8, 4) is 0 Å². The van der Waals surface area contributed by atoms with Crippen LogP contribution in [0.1, 0.15) is 23.7 Å². The van der Waals surface area contributed by atoms with Gasteiger partial charge >= 0.3 is 11.7 Å². The van der Waals surface area contributed by atoms with E-state index in [9.17, 15) is 19.7 Å². The lowest BCUT2D eigenvalue weighted by atomic mass is 10.2. The first-order valence-corrected chi connectivity index (χ1v) is 7.23. The molecule has 0 bridgehead atoms. The number of benzene rings is 1. The first-order valence-electron chi connectivity index (χ1n) is 7.23. The van der Waals surface area contributed by atoms with Crippen LogP contribution in [-0.2, 0) is 16.1 Å². The van der Waals surface area contributed by atoms with Gasteiger partial charge in [0, 0.05) is 18.7 Å². The molecule has 0 saturated carbocycles. The molecule has 0 fully saturated rings. The largest absolute Gasteiger partial charge is 0.462 e. The van der Waals surface area contributed by atoms with Gasteiger partial charge in [-0.25, -0.2) is 4.79 Å². The van der Waals surface area contributed by atoms with Gasteiger partial charge < -0.3 is 10.1 Å². The van der Waals surface area contributed by atoms with Gasteiger partial charge in [0.25, 0.3) is 0 Å². The van der Waals surface area contributed by atoms with Gasteiger partial charge in [0.05, 0.1) is 17.1 Å². The number of carbonyl (C=O) groups is 2. The summed E-state index contributed by atoms with van der Waals surface area (Å²) in [5, 5.41) is 17.0. The van der Waals surface area contributed by atoms with Crippen molar-refractivity contribution >= 4 is 23.3 Å². The Hall–Kier alpha value is -3.23. The van der Waals surface area contributed by atoms with Crippen molar-refractivity contribution in [3.05, 3.63) is 52.3 Å². The fraction of sp³-hybridized carbons (Fsp3) is 0.267. The summed E-state index contributed by atoms with van der Waals surface area (Å²) in [7, 11) is 0. The van der Waals surface area contributed by atoms with Gasteiger partial charge in [0.2, 0.25) is 5.91 Å². The molecule has 1 aromatic carbocycles. The summed E-state index contributed by atoms with van der Waals surface area (Å²) in [6, 6.07) is 6.41. The lowest BCUT2D eigenvalue weighted by molar-refractivity contribution is -0.385. The van der Waals surface area contributed by atoms with Crippen LogP contribution in [0.25, 0.3) is 0 Å². The second-order valence-electron chi connectivity index (χ2n) is 4.82. The highest BCUT2D eigenvalue weighted by atomic mass is 16.6. The van der Waals surface area contributed by atoms with Crippen molar-refractivity contribution in [1.82, 2.24) is 9.78 Å². The number of nitrogens with one attached hydrogen (secondary N) is 1. The van der Waals surface area contributed by atoms with Crippen LogP contribution in [0.5, 0.6) is 0 Å². The summed E-state index contributed by atoms with van der Waals surface area (Å²) < 4.78 is 6.22. The lowest BCUT2D eigenvalue weighted by Gasteiger charge is -2.07. The summed E-state index contributed by atoms with van der Waals surface area (Å²) in [6.45, 7) is 2.19. The Bertz CT molecular complexity index is 756. The van der Waals surface area contributed by atoms with Gasteiger partial charge in [0.15, 0.2) is 0 Å². The Morgan fingerprint density at radius 2 is 2.21 bits per heavy atom. The van der Waals surface area contributed by atoms with Crippen LogP contribution < -0.4 is 5.32 Å². The molecule has 2 rings (SSSR count). The van der Waals surface area contributed by atoms with Crippen LogP contribution in [0.4, 0.5) is 11.4 Å². The topological polar surface area (TPSA) is 116 Å². The molecule has 24 heavy (non-hydrogen) atoms. The van der Waals surface area contributed by atoms with E-state index in [1.165, 1.54) is 16.9 Å². The van der Waals surface area contributed by atoms with Crippen LogP contribution >= 0.6 is 0 Å². The minimum Gasteiger partial charge on any atom is -0.462 e. The van der Waals surface area contributed by atoms with Crippen molar-refractivity contribution in [2.24, 2.45) is 0 Å². The third-order valence-corrected chi connectivity index (χ3v) is 3.06. The number of rotatable bonds is 7. The Labute approximate surface area is 137 Å². The minimum absolute atomic E-state index is 0.0858. The molecule has 0 saturated heterocycles.